The third-order valence-corrected chi connectivity index (χ3v) is 17.1. The molecule has 0 aliphatic heterocycles. The molecule has 0 bridgehead atoms. The number of hydrogen-bond acceptors (Lipinski definition) is 22. The van der Waals surface area contributed by atoms with Gasteiger partial charge in [0.1, 0.15) is 73.3 Å². The van der Waals surface area contributed by atoms with Crippen LogP contribution in [0.2, 0.25) is 0 Å². The predicted octanol–water partition coefficient (Wildman–Crippen LogP) is 18.4. The molecule has 0 aromatic carbocycles. The van der Waals surface area contributed by atoms with Crippen molar-refractivity contribution in [1.29, 1.82) is 0 Å². The van der Waals surface area contributed by atoms with E-state index in [0.717, 1.165) is 114 Å². The maximum absolute atomic E-state index is 4.34. The zero-order valence-electron chi connectivity index (χ0n) is 70.0. The van der Waals surface area contributed by atoms with E-state index in [-0.39, 0.29) is 37.9 Å². The number of imidazole rings is 2. The number of aryl methyl sites for hydroxylation is 3. The van der Waals surface area contributed by atoms with Crippen LogP contribution in [0, 0.1) is 20.8 Å². The second-order valence-corrected chi connectivity index (χ2v) is 33.8. The molecule has 0 N–H and O–H groups in total. The summed E-state index contributed by atoms with van der Waals surface area (Å²) in [5, 5.41) is 0. The Balaban J connectivity index is 0.000000165. The summed E-state index contributed by atoms with van der Waals surface area (Å²) in [7, 11) is 0. The Kier molecular flexibility index (Phi) is 29.0. The minimum absolute atomic E-state index is 0.00642. The van der Waals surface area contributed by atoms with E-state index in [1.807, 2.05) is 146 Å². The SMILES string of the molecule is CC(C)(C)c1cc(-c2ccccn2)ncn1.CC(C)(C)c1cc(-c2cccnc2)ncn1.CC(C)(C)c1cc(-c2ccncc2)ncn1.CC(C)(C)c1cc(-c2ncccn2)ncn1.CC(C)(C)c1ccnc(-c2ccncn2)c1.Cc1cnc(C)n1-c1cc(C(C)(C)C)ncn1.Cc1nccn1-c1cc(C(C)(C)C)ncn1. The van der Waals surface area contributed by atoms with Gasteiger partial charge in [-0.1, -0.05) is 151 Å². The fourth-order valence-electron chi connectivity index (χ4n) is 10.4. The van der Waals surface area contributed by atoms with E-state index in [4.69, 9.17) is 0 Å². The molecular formula is C89H108N24. The van der Waals surface area contributed by atoms with E-state index in [1.54, 1.807) is 99.9 Å². The van der Waals surface area contributed by atoms with Crippen molar-refractivity contribution < 1.29 is 0 Å². The average Bonchev–Trinajstić information content (AvgIpc) is 1.72. The van der Waals surface area contributed by atoms with Crippen LogP contribution in [-0.4, -0.2) is 119 Å². The quantitative estimate of drug-likeness (QED) is 0.143. The molecule has 0 aliphatic rings. The predicted molar refractivity (Wildman–Crippen MR) is 448 cm³/mol. The number of nitrogens with zero attached hydrogens (tertiary/aromatic N) is 24. The Morgan fingerprint density at radius 1 is 0.248 bits per heavy atom. The molecule has 584 valence electrons. The van der Waals surface area contributed by atoms with Crippen molar-refractivity contribution in [3.8, 4) is 68.4 Å². The first-order valence-electron chi connectivity index (χ1n) is 37.4. The lowest BCUT2D eigenvalue weighted by atomic mass is 9.87. The molecule has 0 unspecified atom stereocenters. The van der Waals surface area contributed by atoms with Gasteiger partial charge in [-0.15, -0.1) is 0 Å². The maximum Gasteiger partial charge on any atom is 0.178 e. The lowest BCUT2D eigenvalue weighted by Gasteiger charge is -2.19. The number of rotatable bonds is 7. The van der Waals surface area contributed by atoms with Gasteiger partial charge in [0.05, 0.1) is 45.6 Å². The van der Waals surface area contributed by atoms with Gasteiger partial charge in [-0.05, 0) is 117 Å². The van der Waals surface area contributed by atoms with Gasteiger partial charge < -0.3 is 0 Å². The molecule has 24 heteroatoms. The van der Waals surface area contributed by atoms with E-state index in [2.05, 4.69) is 261 Å². The molecule has 0 amide bonds. The zero-order valence-corrected chi connectivity index (χ0v) is 70.0. The summed E-state index contributed by atoms with van der Waals surface area (Å²) >= 11 is 0. The van der Waals surface area contributed by atoms with Crippen molar-refractivity contribution in [1.82, 2.24) is 119 Å². The second-order valence-electron chi connectivity index (χ2n) is 33.8. The normalized spacial score (nSPS) is 11.5. The number of hydrogen-bond donors (Lipinski definition) is 0. The molecule has 0 radical (unpaired) electrons. The summed E-state index contributed by atoms with van der Waals surface area (Å²) in [5.41, 5.74) is 17.1. The number of aromatic nitrogens is 24. The van der Waals surface area contributed by atoms with Gasteiger partial charge in [-0.3, -0.25) is 29.1 Å². The molecule has 0 fully saturated rings. The topological polar surface area (TPSA) is 293 Å². The zero-order chi connectivity index (χ0) is 82.4. The van der Waals surface area contributed by atoms with Crippen LogP contribution in [0.1, 0.15) is 202 Å². The molecule has 0 atom stereocenters. The highest BCUT2D eigenvalue weighted by atomic mass is 15.1. The summed E-state index contributed by atoms with van der Waals surface area (Å²) in [4.78, 5) is 93.0. The largest absolute Gasteiger partial charge is 0.288 e. The molecule has 24 nitrogen and oxygen atoms in total. The van der Waals surface area contributed by atoms with Gasteiger partial charge in [0.25, 0.3) is 0 Å². The highest BCUT2D eigenvalue weighted by molar-refractivity contribution is 5.60. The van der Waals surface area contributed by atoms with E-state index in [0.29, 0.717) is 5.82 Å². The first-order chi connectivity index (χ1) is 53.2. The van der Waals surface area contributed by atoms with Gasteiger partial charge in [0.2, 0.25) is 0 Å². The van der Waals surface area contributed by atoms with Crippen LogP contribution >= 0.6 is 0 Å². The van der Waals surface area contributed by atoms with Crippen LogP contribution in [0.25, 0.3) is 68.4 Å². The van der Waals surface area contributed by atoms with Crippen molar-refractivity contribution in [3.05, 3.63) is 279 Å². The van der Waals surface area contributed by atoms with Crippen LogP contribution in [0.4, 0.5) is 0 Å². The minimum atomic E-state index is 0.00642. The summed E-state index contributed by atoms with van der Waals surface area (Å²) in [6, 6.07) is 33.5. The first-order valence-corrected chi connectivity index (χ1v) is 37.4. The molecule has 113 heavy (non-hydrogen) atoms. The van der Waals surface area contributed by atoms with Crippen LogP contribution < -0.4 is 0 Å². The molecule has 14 heterocycles. The van der Waals surface area contributed by atoms with Crippen LogP contribution in [-0.2, 0) is 37.9 Å². The van der Waals surface area contributed by atoms with Crippen molar-refractivity contribution in [2.75, 3.05) is 0 Å². The second kappa shape index (κ2) is 38.1. The van der Waals surface area contributed by atoms with Gasteiger partial charge >= 0.3 is 0 Å². The van der Waals surface area contributed by atoms with Crippen molar-refractivity contribution in [2.24, 2.45) is 0 Å². The number of pyridine rings is 4. The van der Waals surface area contributed by atoms with Crippen LogP contribution in [0.15, 0.2) is 222 Å². The van der Waals surface area contributed by atoms with Gasteiger partial charge in [0.15, 0.2) is 5.82 Å². The van der Waals surface area contributed by atoms with E-state index >= 15 is 0 Å². The molecule has 14 rings (SSSR count). The summed E-state index contributed by atoms with van der Waals surface area (Å²) in [6.45, 7) is 51.0. The fraction of sp³-hybridized carbons (Fsp3) is 0.348. The van der Waals surface area contributed by atoms with Crippen LogP contribution in [0.5, 0.6) is 0 Å². The smallest absolute Gasteiger partial charge is 0.178 e. The average molecular weight is 1510 g/mol. The molecular weight excluding hydrogens is 1410 g/mol. The van der Waals surface area contributed by atoms with Crippen molar-refractivity contribution >= 4 is 0 Å². The highest BCUT2D eigenvalue weighted by Gasteiger charge is 2.23. The van der Waals surface area contributed by atoms with Gasteiger partial charge in [-0.2, -0.15) is 0 Å². The summed E-state index contributed by atoms with van der Waals surface area (Å²) < 4.78 is 3.99. The Morgan fingerprint density at radius 2 is 0.690 bits per heavy atom. The van der Waals surface area contributed by atoms with E-state index in [1.165, 1.54) is 5.56 Å². The summed E-state index contributed by atoms with van der Waals surface area (Å²) in [5.74, 6) is 4.27. The standard InChI is InChI=1S/C13H18N4.4C13H15N3.C12H16N4.C12H14N4/c1-9-7-14-10(2)17(9)12-6-11(13(3,4)5)15-8-16-12;1-13(2,3)10-4-7-15-12(8-10)11-5-6-14-9-16-11;1-13(2,3)12-8-11(15-9-16-12)10-4-6-14-7-5-10;1-13(2,3)12-7-11(15-9-16-12)10-5-4-6-14-8-10;1-13(2,3)12-8-11(15-9-16-12)10-6-4-5-7-14-10;1-9-13-5-6-16(9)11-7-10(12(2,3)4)14-8-15-11;1-12(2,3)10-7-9(15-8-16-10)11-13-5-4-6-14-11/h6-8H,1-5H3;4*4-9H,1-3H3;5-8H,1-4H3;4-8H,1-3H3. The molecule has 14 aromatic rings. The highest BCUT2D eigenvalue weighted by Crippen LogP contribution is 2.30. The minimum Gasteiger partial charge on any atom is -0.288 e. The Hall–Kier alpha value is -12.3. The lowest BCUT2D eigenvalue weighted by molar-refractivity contribution is 0.565. The van der Waals surface area contributed by atoms with Gasteiger partial charge in [0, 0.05) is 159 Å². The monoisotopic (exact) mass is 1510 g/mol. The van der Waals surface area contributed by atoms with Crippen molar-refractivity contribution in [2.45, 2.75) is 204 Å². The van der Waals surface area contributed by atoms with Crippen LogP contribution in [0.3, 0.4) is 0 Å². The third kappa shape index (κ3) is 26.1. The Bertz CT molecular complexity index is 4680. The maximum atomic E-state index is 4.34. The van der Waals surface area contributed by atoms with E-state index in [9.17, 15) is 0 Å². The van der Waals surface area contributed by atoms with Crippen molar-refractivity contribution in [3.63, 3.8) is 0 Å². The Morgan fingerprint density at radius 3 is 1.16 bits per heavy atom. The molecule has 0 aliphatic carbocycles. The van der Waals surface area contributed by atoms with Gasteiger partial charge in [-0.25, -0.2) is 89.7 Å². The molecule has 14 aromatic heterocycles. The third-order valence-electron chi connectivity index (χ3n) is 17.1. The lowest BCUT2D eigenvalue weighted by Crippen LogP contribution is -2.15. The summed E-state index contributed by atoms with van der Waals surface area (Å²) in [6.07, 6.45) is 32.6. The fourth-order valence-corrected chi connectivity index (χ4v) is 10.4. The van der Waals surface area contributed by atoms with E-state index < -0.39 is 0 Å². The molecule has 0 saturated carbocycles. The first kappa shape index (κ1) is 86.3. The molecule has 0 spiro atoms. The Labute approximate surface area is 666 Å². The molecule has 0 saturated heterocycles.